The van der Waals surface area contributed by atoms with Crippen molar-refractivity contribution in [2.45, 2.75) is 11.7 Å². The van der Waals surface area contributed by atoms with Crippen molar-refractivity contribution in [3.8, 4) is 17.1 Å². The molecule has 0 aliphatic rings. The molecule has 1 aromatic heterocycles. The number of carbonyl (C=O) groups is 1. The van der Waals surface area contributed by atoms with E-state index in [9.17, 15) is 4.79 Å². The van der Waals surface area contributed by atoms with E-state index >= 15 is 0 Å². The Morgan fingerprint density at radius 3 is 2.79 bits per heavy atom. The number of halogens is 2. The number of nitrogens with zero attached hydrogens (tertiary/aromatic N) is 3. The predicted octanol–water partition coefficient (Wildman–Crippen LogP) is 3.38. The van der Waals surface area contributed by atoms with Gasteiger partial charge in [-0.3, -0.25) is 4.79 Å². The topological polar surface area (TPSA) is 95.1 Å². The number of methoxy groups -OCH3 is 1. The van der Waals surface area contributed by atoms with Crippen LogP contribution in [-0.4, -0.2) is 33.6 Å². The van der Waals surface area contributed by atoms with Gasteiger partial charge in [-0.05, 0) is 24.3 Å². The first kappa shape index (κ1) is 20.3. The van der Waals surface area contributed by atoms with Crippen molar-refractivity contribution in [1.29, 1.82) is 0 Å². The van der Waals surface area contributed by atoms with Crippen LogP contribution in [0.3, 0.4) is 0 Å². The first-order valence-corrected chi connectivity index (χ1v) is 9.91. The average molecular weight is 438 g/mol. The van der Waals surface area contributed by atoms with Gasteiger partial charge in [-0.1, -0.05) is 53.2 Å². The van der Waals surface area contributed by atoms with Crippen LogP contribution < -0.4 is 15.9 Å². The third-order valence-corrected chi connectivity index (χ3v) is 5.33. The molecule has 3 rings (SSSR count). The highest BCUT2D eigenvalue weighted by atomic mass is 35.5. The van der Waals surface area contributed by atoms with Crippen LogP contribution in [0.4, 0.5) is 0 Å². The lowest BCUT2D eigenvalue weighted by atomic mass is 10.2. The summed E-state index contributed by atoms with van der Waals surface area (Å²) >= 11 is 13.3. The van der Waals surface area contributed by atoms with E-state index in [2.05, 4.69) is 15.5 Å². The second kappa shape index (κ2) is 9.18. The van der Waals surface area contributed by atoms with Gasteiger partial charge in [0, 0.05) is 22.7 Å². The third kappa shape index (κ3) is 4.70. The molecule has 0 unspecified atom stereocenters. The summed E-state index contributed by atoms with van der Waals surface area (Å²) < 4.78 is 6.57. The molecule has 1 heterocycles. The van der Waals surface area contributed by atoms with Crippen LogP contribution in [0.1, 0.15) is 5.56 Å². The number of nitrogens with two attached hydrogens (primary N) is 1. The van der Waals surface area contributed by atoms with Gasteiger partial charge in [0.05, 0.1) is 17.9 Å². The molecule has 0 aliphatic heterocycles. The van der Waals surface area contributed by atoms with Crippen molar-refractivity contribution in [2.24, 2.45) is 0 Å². The number of ether oxygens (including phenoxy) is 1. The van der Waals surface area contributed by atoms with E-state index in [4.69, 9.17) is 33.8 Å². The Labute approximate surface area is 176 Å². The largest absolute Gasteiger partial charge is 0.496 e. The smallest absolute Gasteiger partial charge is 0.230 e. The Kier molecular flexibility index (Phi) is 6.66. The van der Waals surface area contributed by atoms with Gasteiger partial charge in [0.2, 0.25) is 11.1 Å². The Morgan fingerprint density at radius 2 is 2.04 bits per heavy atom. The van der Waals surface area contributed by atoms with Crippen molar-refractivity contribution < 1.29 is 9.53 Å². The molecule has 0 atom stereocenters. The zero-order valence-electron chi connectivity index (χ0n) is 14.9. The van der Waals surface area contributed by atoms with Gasteiger partial charge >= 0.3 is 0 Å². The molecule has 146 valence electrons. The fraction of sp³-hybridized carbons (Fsp3) is 0.167. The number of thioether (sulfide) groups is 1. The molecule has 3 aromatic rings. The van der Waals surface area contributed by atoms with E-state index in [-0.39, 0.29) is 11.7 Å². The van der Waals surface area contributed by atoms with Gasteiger partial charge in [0.15, 0.2) is 5.82 Å². The number of aromatic nitrogens is 3. The standard InChI is InChI=1S/C18H17Cl2N5O2S/c1-27-15-5-3-2-4-11(15)9-22-16(26)10-28-18-24-23-17(25(18)21)13-7-6-12(19)8-14(13)20/h2-8H,9-10,21H2,1H3,(H,22,26). The average Bonchev–Trinajstić information content (AvgIpc) is 3.05. The highest BCUT2D eigenvalue weighted by Crippen LogP contribution is 2.30. The monoisotopic (exact) mass is 437 g/mol. The van der Waals surface area contributed by atoms with Gasteiger partial charge in [-0.15, -0.1) is 10.2 Å². The van der Waals surface area contributed by atoms with Gasteiger partial charge in [0.25, 0.3) is 0 Å². The van der Waals surface area contributed by atoms with Crippen molar-refractivity contribution in [3.63, 3.8) is 0 Å². The summed E-state index contributed by atoms with van der Waals surface area (Å²) in [5.74, 6) is 7.15. The number of rotatable bonds is 7. The normalized spacial score (nSPS) is 10.7. The zero-order valence-corrected chi connectivity index (χ0v) is 17.2. The Hall–Kier alpha value is -2.42. The second-order valence-corrected chi connectivity index (χ2v) is 7.46. The van der Waals surface area contributed by atoms with Crippen molar-refractivity contribution in [2.75, 3.05) is 18.7 Å². The Bertz CT molecular complexity index is 996. The lowest BCUT2D eigenvalue weighted by Crippen LogP contribution is -2.25. The van der Waals surface area contributed by atoms with Crippen molar-refractivity contribution >= 4 is 40.9 Å². The summed E-state index contributed by atoms with van der Waals surface area (Å²) in [6.07, 6.45) is 0. The quantitative estimate of drug-likeness (QED) is 0.434. The number of benzene rings is 2. The van der Waals surface area contributed by atoms with Gasteiger partial charge in [-0.2, -0.15) is 0 Å². The zero-order chi connectivity index (χ0) is 20.1. The van der Waals surface area contributed by atoms with Crippen molar-refractivity contribution in [3.05, 3.63) is 58.1 Å². The lowest BCUT2D eigenvalue weighted by molar-refractivity contribution is -0.118. The first-order chi connectivity index (χ1) is 13.5. The van der Waals surface area contributed by atoms with Crippen LogP contribution in [0.5, 0.6) is 5.75 Å². The Morgan fingerprint density at radius 1 is 1.25 bits per heavy atom. The van der Waals surface area contributed by atoms with E-state index in [0.29, 0.717) is 33.1 Å². The first-order valence-electron chi connectivity index (χ1n) is 8.17. The highest BCUT2D eigenvalue weighted by molar-refractivity contribution is 7.99. The number of hydrogen-bond donors (Lipinski definition) is 2. The van der Waals surface area contributed by atoms with Crippen LogP contribution >= 0.6 is 35.0 Å². The molecule has 0 fully saturated rings. The van der Waals surface area contributed by atoms with Crippen LogP contribution in [0, 0.1) is 0 Å². The molecule has 0 aliphatic carbocycles. The molecule has 7 nitrogen and oxygen atoms in total. The molecular formula is C18H17Cl2N5O2S. The molecule has 0 spiro atoms. The molecule has 3 N–H and O–H groups in total. The predicted molar refractivity (Wildman–Crippen MR) is 111 cm³/mol. The molecule has 0 radical (unpaired) electrons. The molecule has 28 heavy (non-hydrogen) atoms. The van der Waals surface area contributed by atoms with E-state index in [0.717, 1.165) is 11.3 Å². The maximum Gasteiger partial charge on any atom is 0.230 e. The molecule has 0 saturated carbocycles. The number of carbonyl (C=O) groups excluding carboxylic acids is 1. The van der Waals surface area contributed by atoms with E-state index in [1.807, 2.05) is 24.3 Å². The van der Waals surface area contributed by atoms with E-state index < -0.39 is 0 Å². The second-order valence-electron chi connectivity index (χ2n) is 5.68. The number of nitrogens with one attached hydrogen (secondary N) is 1. The number of para-hydroxylation sites is 1. The van der Waals surface area contributed by atoms with Crippen LogP contribution in [0.2, 0.25) is 10.0 Å². The van der Waals surface area contributed by atoms with Crippen LogP contribution in [0.15, 0.2) is 47.6 Å². The third-order valence-electron chi connectivity index (χ3n) is 3.84. The fourth-order valence-electron chi connectivity index (χ4n) is 2.45. The molecular weight excluding hydrogens is 421 g/mol. The maximum absolute atomic E-state index is 12.2. The highest BCUT2D eigenvalue weighted by Gasteiger charge is 2.16. The minimum atomic E-state index is -0.162. The molecule has 2 aromatic carbocycles. The van der Waals surface area contributed by atoms with E-state index in [1.54, 1.807) is 25.3 Å². The summed E-state index contributed by atoms with van der Waals surface area (Å²) in [4.78, 5) is 12.2. The lowest BCUT2D eigenvalue weighted by Gasteiger charge is -2.09. The summed E-state index contributed by atoms with van der Waals surface area (Å²) in [5, 5.41) is 12.3. The summed E-state index contributed by atoms with van der Waals surface area (Å²) in [6.45, 7) is 0.365. The maximum atomic E-state index is 12.2. The SMILES string of the molecule is COc1ccccc1CNC(=O)CSc1nnc(-c2ccc(Cl)cc2Cl)n1N. The number of hydrogen-bond acceptors (Lipinski definition) is 6. The number of nitrogen functional groups attached to an aromatic ring is 1. The molecule has 10 heteroatoms. The summed E-state index contributed by atoms with van der Waals surface area (Å²) in [5.41, 5.74) is 1.50. The van der Waals surface area contributed by atoms with Gasteiger partial charge in [-0.25, -0.2) is 4.68 Å². The number of amides is 1. The molecule has 0 saturated heterocycles. The Balaban J connectivity index is 1.60. The van der Waals surface area contributed by atoms with Crippen LogP contribution in [-0.2, 0) is 11.3 Å². The minimum absolute atomic E-state index is 0.138. The molecule has 1 amide bonds. The fourth-order valence-corrected chi connectivity index (χ4v) is 3.63. The van der Waals surface area contributed by atoms with Crippen LogP contribution in [0.25, 0.3) is 11.4 Å². The van der Waals surface area contributed by atoms with Crippen molar-refractivity contribution in [1.82, 2.24) is 20.2 Å². The van der Waals surface area contributed by atoms with Gasteiger partial charge in [0.1, 0.15) is 5.75 Å². The molecule has 0 bridgehead atoms. The van der Waals surface area contributed by atoms with Gasteiger partial charge < -0.3 is 15.9 Å². The summed E-state index contributed by atoms with van der Waals surface area (Å²) in [7, 11) is 1.59. The van der Waals surface area contributed by atoms with E-state index in [1.165, 1.54) is 16.4 Å². The summed E-state index contributed by atoms with van der Waals surface area (Å²) in [6, 6.07) is 12.5. The minimum Gasteiger partial charge on any atom is -0.496 e.